The fraction of sp³-hybridized carbons (Fsp3) is 0.227. The first kappa shape index (κ1) is 17.2. The Hall–Kier alpha value is -3.21. The highest BCUT2D eigenvalue weighted by Crippen LogP contribution is 2.50. The zero-order valence-corrected chi connectivity index (χ0v) is 16.0. The monoisotopic (exact) mass is 361 g/mol. The van der Waals surface area contributed by atoms with Crippen LogP contribution in [0.4, 0.5) is 11.4 Å². The number of esters is 1. The van der Waals surface area contributed by atoms with E-state index in [0.29, 0.717) is 5.56 Å². The predicted molar refractivity (Wildman–Crippen MR) is 107 cm³/mol. The molecule has 0 amide bonds. The highest BCUT2D eigenvalue weighted by molar-refractivity contribution is 6.00. The van der Waals surface area contributed by atoms with Gasteiger partial charge in [-0.05, 0) is 24.3 Å². The maximum absolute atomic E-state index is 13.0. The van der Waals surface area contributed by atoms with Gasteiger partial charge < -0.3 is 19.5 Å². The molecule has 138 valence electrons. The van der Waals surface area contributed by atoms with Gasteiger partial charge in [0.2, 0.25) is 5.60 Å². The van der Waals surface area contributed by atoms with E-state index in [1.165, 1.54) is 0 Å². The number of hydrogen-bond donors (Lipinski definition) is 1. The second-order valence-corrected chi connectivity index (χ2v) is 7.00. The Morgan fingerprint density at radius 2 is 1.81 bits per heavy atom. The summed E-state index contributed by atoms with van der Waals surface area (Å²) < 4.78 is 8.20. The van der Waals surface area contributed by atoms with Crippen molar-refractivity contribution in [2.45, 2.75) is 5.60 Å². The summed E-state index contributed by atoms with van der Waals surface area (Å²) in [6, 6.07) is 17.9. The molecule has 1 N–H and O–H groups in total. The molecular weight excluding hydrogens is 338 g/mol. The summed E-state index contributed by atoms with van der Waals surface area (Å²) in [4.78, 5) is 15.0. The summed E-state index contributed by atoms with van der Waals surface area (Å²) in [6.07, 6.45) is 1.97. The molecule has 1 atom stereocenters. The number of aromatic nitrogens is 1. The van der Waals surface area contributed by atoms with Gasteiger partial charge in [0.05, 0.1) is 11.3 Å². The zero-order chi connectivity index (χ0) is 19.2. The van der Waals surface area contributed by atoms with E-state index < -0.39 is 5.60 Å². The van der Waals surface area contributed by atoms with E-state index in [4.69, 9.17) is 4.74 Å². The minimum atomic E-state index is -0.991. The smallest absolute Gasteiger partial charge is 0.340 e. The van der Waals surface area contributed by atoms with Crippen LogP contribution in [0.3, 0.4) is 0 Å². The third kappa shape index (κ3) is 2.42. The first-order valence-corrected chi connectivity index (χ1v) is 8.93. The predicted octanol–water partition coefficient (Wildman–Crippen LogP) is 3.60. The van der Waals surface area contributed by atoms with E-state index in [-0.39, 0.29) is 5.97 Å². The lowest BCUT2D eigenvalue weighted by Gasteiger charge is -2.32. The van der Waals surface area contributed by atoms with Gasteiger partial charge in [0.1, 0.15) is 0 Å². The molecule has 1 aliphatic rings. The maximum atomic E-state index is 13.0. The van der Waals surface area contributed by atoms with Crippen molar-refractivity contribution in [2.75, 3.05) is 31.4 Å². The molecule has 1 unspecified atom stereocenters. The summed E-state index contributed by atoms with van der Waals surface area (Å²) in [6.45, 7) is 0. The number of anilines is 2. The van der Waals surface area contributed by atoms with Crippen LogP contribution in [0.15, 0.2) is 60.8 Å². The standard InChI is InChI=1S/C22H23N3O2/c1-23-18-14-16(24(2)3)13-17-20(18)22(27-21(17)26,15-9-6-5-7-10-15)19-11-8-12-25(19)4/h5-14,23H,1-4H3. The minimum Gasteiger partial charge on any atom is -0.439 e. The lowest BCUT2D eigenvalue weighted by molar-refractivity contribution is 0.0232. The molecule has 2 heterocycles. The van der Waals surface area contributed by atoms with Gasteiger partial charge in [-0.3, -0.25) is 0 Å². The normalized spacial score (nSPS) is 18.1. The molecule has 2 aromatic carbocycles. The van der Waals surface area contributed by atoms with Gasteiger partial charge in [-0.15, -0.1) is 0 Å². The average molecular weight is 361 g/mol. The molecular formula is C22H23N3O2. The molecule has 3 aromatic rings. The van der Waals surface area contributed by atoms with Crippen molar-refractivity contribution in [2.24, 2.45) is 7.05 Å². The highest BCUT2D eigenvalue weighted by atomic mass is 16.6. The van der Waals surface area contributed by atoms with E-state index in [9.17, 15) is 4.79 Å². The van der Waals surface area contributed by atoms with E-state index >= 15 is 0 Å². The van der Waals surface area contributed by atoms with Crippen molar-refractivity contribution in [3.8, 4) is 0 Å². The summed E-state index contributed by atoms with van der Waals surface area (Å²) in [5.74, 6) is -0.310. The van der Waals surface area contributed by atoms with Gasteiger partial charge in [0, 0.05) is 56.9 Å². The number of carbonyl (C=O) groups is 1. The molecule has 1 aliphatic heterocycles. The SMILES string of the molecule is CNc1cc(N(C)C)cc2c1C(c1ccccc1)(c1cccn1C)OC2=O. The topological polar surface area (TPSA) is 46.5 Å². The van der Waals surface area contributed by atoms with Gasteiger partial charge in [-0.25, -0.2) is 4.79 Å². The van der Waals surface area contributed by atoms with Crippen molar-refractivity contribution in [1.29, 1.82) is 0 Å². The Morgan fingerprint density at radius 1 is 1.07 bits per heavy atom. The van der Waals surface area contributed by atoms with Crippen LogP contribution in [0.2, 0.25) is 0 Å². The lowest BCUT2D eigenvalue weighted by atomic mass is 9.81. The quantitative estimate of drug-likeness (QED) is 0.722. The van der Waals surface area contributed by atoms with Crippen molar-refractivity contribution < 1.29 is 9.53 Å². The van der Waals surface area contributed by atoms with Gasteiger partial charge in [-0.2, -0.15) is 0 Å². The van der Waals surface area contributed by atoms with Crippen LogP contribution in [0.1, 0.15) is 27.2 Å². The molecule has 0 bridgehead atoms. The summed E-state index contributed by atoms with van der Waals surface area (Å²) in [7, 11) is 7.77. The number of nitrogens with one attached hydrogen (secondary N) is 1. The molecule has 0 fully saturated rings. The summed E-state index contributed by atoms with van der Waals surface area (Å²) in [5, 5.41) is 3.28. The van der Waals surface area contributed by atoms with Crippen LogP contribution in [0.5, 0.6) is 0 Å². The van der Waals surface area contributed by atoms with Gasteiger partial charge >= 0.3 is 5.97 Å². The minimum absolute atomic E-state index is 0.310. The summed E-state index contributed by atoms with van der Waals surface area (Å²) >= 11 is 0. The number of fused-ring (bicyclic) bond motifs is 1. The fourth-order valence-electron chi connectivity index (χ4n) is 3.90. The van der Waals surface area contributed by atoms with Crippen molar-refractivity contribution in [3.63, 3.8) is 0 Å². The van der Waals surface area contributed by atoms with Gasteiger partial charge in [-0.1, -0.05) is 30.3 Å². The highest BCUT2D eigenvalue weighted by Gasteiger charge is 2.51. The number of hydrogen-bond acceptors (Lipinski definition) is 4. The molecule has 0 aliphatic carbocycles. The van der Waals surface area contributed by atoms with E-state index in [0.717, 1.165) is 28.2 Å². The average Bonchev–Trinajstić information content (AvgIpc) is 3.23. The molecule has 27 heavy (non-hydrogen) atoms. The van der Waals surface area contributed by atoms with Crippen molar-refractivity contribution in [3.05, 3.63) is 83.2 Å². The molecule has 5 nitrogen and oxygen atoms in total. The third-order valence-corrected chi connectivity index (χ3v) is 5.21. The second kappa shape index (κ2) is 6.20. The van der Waals surface area contributed by atoms with E-state index in [1.54, 1.807) is 0 Å². The van der Waals surface area contributed by atoms with Crippen LogP contribution in [-0.4, -0.2) is 31.7 Å². The fourth-order valence-corrected chi connectivity index (χ4v) is 3.90. The van der Waals surface area contributed by atoms with E-state index in [2.05, 4.69) is 11.4 Å². The first-order chi connectivity index (χ1) is 13.0. The van der Waals surface area contributed by atoms with Crippen LogP contribution >= 0.6 is 0 Å². The number of carbonyl (C=O) groups excluding carboxylic acids is 1. The Labute approximate surface area is 159 Å². The first-order valence-electron chi connectivity index (χ1n) is 8.93. The van der Waals surface area contributed by atoms with Crippen molar-refractivity contribution >= 4 is 17.3 Å². The van der Waals surface area contributed by atoms with Crippen molar-refractivity contribution in [1.82, 2.24) is 4.57 Å². The Morgan fingerprint density at radius 3 is 2.41 bits per heavy atom. The molecule has 5 heteroatoms. The number of rotatable bonds is 4. The molecule has 1 aromatic heterocycles. The number of nitrogens with zero attached hydrogens (tertiary/aromatic N) is 2. The largest absolute Gasteiger partial charge is 0.439 e. The zero-order valence-electron chi connectivity index (χ0n) is 16.0. The number of cyclic esters (lactones) is 1. The molecule has 0 radical (unpaired) electrons. The Bertz CT molecular complexity index is 1010. The molecule has 0 spiro atoms. The Balaban J connectivity index is 2.11. The number of benzene rings is 2. The summed E-state index contributed by atoms with van der Waals surface area (Å²) in [5.41, 5.74) is 4.12. The maximum Gasteiger partial charge on any atom is 0.340 e. The van der Waals surface area contributed by atoms with Crippen LogP contribution < -0.4 is 10.2 Å². The Kier molecular flexibility index (Phi) is 3.95. The molecule has 0 saturated carbocycles. The van der Waals surface area contributed by atoms with Crippen LogP contribution in [0.25, 0.3) is 0 Å². The molecule has 4 rings (SSSR count). The number of aryl methyl sites for hydroxylation is 1. The van der Waals surface area contributed by atoms with Crippen LogP contribution in [0, 0.1) is 0 Å². The second-order valence-electron chi connectivity index (χ2n) is 7.00. The lowest BCUT2D eigenvalue weighted by Crippen LogP contribution is -2.32. The van der Waals surface area contributed by atoms with Gasteiger partial charge in [0.25, 0.3) is 0 Å². The molecule has 0 saturated heterocycles. The van der Waals surface area contributed by atoms with Gasteiger partial charge in [0.15, 0.2) is 0 Å². The van der Waals surface area contributed by atoms with E-state index in [1.807, 2.05) is 92.4 Å². The number of ether oxygens (including phenoxy) is 1. The van der Waals surface area contributed by atoms with Crippen LogP contribution in [-0.2, 0) is 17.4 Å². The third-order valence-electron chi connectivity index (χ3n) is 5.21.